The first-order valence-corrected chi connectivity index (χ1v) is 6.39. The predicted octanol–water partition coefficient (Wildman–Crippen LogP) is 2.91. The molecule has 2 heterocycles. The average molecular weight is 269 g/mol. The molecular weight excluding hydrogens is 254 g/mol. The Hall–Kier alpha value is -2.53. The van der Waals surface area contributed by atoms with E-state index in [4.69, 9.17) is 14.9 Å². The van der Waals surface area contributed by atoms with Gasteiger partial charge in [-0.15, -0.1) is 0 Å². The van der Waals surface area contributed by atoms with E-state index in [1.54, 1.807) is 12.5 Å². The number of rotatable bonds is 5. The van der Waals surface area contributed by atoms with Crippen molar-refractivity contribution in [2.24, 2.45) is 5.73 Å². The highest BCUT2D eigenvalue weighted by molar-refractivity contribution is 5.89. The van der Waals surface area contributed by atoms with Crippen molar-refractivity contribution in [1.82, 2.24) is 4.98 Å². The van der Waals surface area contributed by atoms with Crippen LogP contribution in [0.2, 0.25) is 0 Å². The molecule has 0 atom stereocenters. The highest BCUT2D eigenvalue weighted by atomic mass is 16.5. The molecule has 2 aromatic heterocycles. The molecule has 0 aliphatic rings. The van der Waals surface area contributed by atoms with Crippen molar-refractivity contribution in [3.63, 3.8) is 0 Å². The van der Waals surface area contributed by atoms with E-state index < -0.39 is 0 Å². The van der Waals surface area contributed by atoms with Crippen LogP contribution >= 0.6 is 0 Å². The largest absolute Gasteiger partial charge is 0.492 e. The molecular formula is C15H15N3O2. The Morgan fingerprint density at radius 1 is 1.15 bits per heavy atom. The van der Waals surface area contributed by atoms with Crippen molar-refractivity contribution in [3.8, 4) is 5.75 Å². The second-order valence-electron chi connectivity index (χ2n) is 4.28. The van der Waals surface area contributed by atoms with E-state index in [2.05, 4.69) is 10.3 Å². The summed E-state index contributed by atoms with van der Waals surface area (Å²) in [6, 6.07) is 11.4. The number of benzene rings is 1. The number of ether oxygens (including phenoxy) is 1. The summed E-state index contributed by atoms with van der Waals surface area (Å²) >= 11 is 0. The molecule has 20 heavy (non-hydrogen) atoms. The fourth-order valence-electron chi connectivity index (χ4n) is 1.94. The minimum absolute atomic E-state index is 0.506. The van der Waals surface area contributed by atoms with Gasteiger partial charge in [0.2, 0.25) is 0 Å². The SMILES string of the molecule is NCCOc1ccc(Nc2nccc3occc23)cc1. The third-order valence-corrected chi connectivity index (χ3v) is 2.88. The molecule has 0 saturated carbocycles. The van der Waals surface area contributed by atoms with Gasteiger partial charge in [-0.05, 0) is 36.4 Å². The molecule has 3 aromatic rings. The van der Waals surface area contributed by atoms with Crippen LogP contribution in [0.25, 0.3) is 11.0 Å². The summed E-state index contributed by atoms with van der Waals surface area (Å²) in [6.07, 6.45) is 3.37. The van der Waals surface area contributed by atoms with Crippen LogP contribution < -0.4 is 15.8 Å². The minimum Gasteiger partial charge on any atom is -0.492 e. The Balaban J connectivity index is 1.79. The van der Waals surface area contributed by atoms with Crippen LogP contribution in [0.5, 0.6) is 5.75 Å². The van der Waals surface area contributed by atoms with E-state index in [-0.39, 0.29) is 0 Å². The number of nitrogens with one attached hydrogen (secondary N) is 1. The van der Waals surface area contributed by atoms with E-state index in [0.29, 0.717) is 13.2 Å². The van der Waals surface area contributed by atoms with Gasteiger partial charge < -0.3 is 20.2 Å². The van der Waals surface area contributed by atoms with Gasteiger partial charge in [-0.2, -0.15) is 0 Å². The van der Waals surface area contributed by atoms with Crippen LogP contribution in [0.3, 0.4) is 0 Å². The Labute approximate surface area is 116 Å². The topological polar surface area (TPSA) is 73.3 Å². The van der Waals surface area contributed by atoms with E-state index in [0.717, 1.165) is 28.2 Å². The van der Waals surface area contributed by atoms with Crippen LogP contribution in [0.15, 0.2) is 53.3 Å². The van der Waals surface area contributed by atoms with Crippen molar-refractivity contribution in [1.29, 1.82) is 0 Å². The van der Waals surface area contributed by atoms with E-state index in [1.807, 2.05) is 36.4 Å². The number of pyridine rings is 1. The molecule has 0 unspecified atom stereocenters. The zero-order valence-corrected chi connectivity index (χ0v) is 10.9. The van der Waals surface area contributed by atoms with Gasteiger partial charge >= 0.3 is 0 Å². The second-order valence-corrected chi connectivity index (χ2v) is 4.28. The highest BCUT2D eigenvalue weighted by Gasteiger charge is 2.05. The highest BCUT2D eigenvalue weighted by Crippen LogP contribution is 2.25. The van der Waals surface area contributed by atoms with Gasteiger partial charge in [-0.1, -0.05) is 0 Å². The quantitative estimate of drug-likeness (QED) is 0.745. The summed E-state index contributed by atoms with van der Waals surface area (Å²) in [5, 5.41) is 4.22. The Morgan fingerprint density at radius 3 is 2.80 bits per heavy atom. The summed E-state index contributed by atoms with van der Waals surface area (Å²) < 4.78 is 10.8. The molecule has 5 heteroatoms. The lowest BCUT2D eigenvalue weighted by molar-refractivity contribution is 0.328. The van der Waals surface area contributed by atoms with E-state index >= 15 is 0 Å². The lowest BCUT2D eigenvalue weighted by Gasteiger charge is -2.08. The Morgan fingerprint density at radius 2 is 2.00 bits per heavy atom. The smallest absolute Gasteiger partial charge is 0.141 e. The molecule has 0 spiro atoms. The number of hydrogen-bond donors (Lipinski definition) is 2. The first-order valence-electron chi connectivity index (χ1n) is 6.39. The van der Waals surface area contributed by atoms with Crippen molar-refractivity contribution in [3.05, 3.63) is 48.9 Å². The maximum Gasteiger partial charge on any atom is 0.141 e. The number of hydrogen-bond acceptors (Lipinski definition) is 5. The molecule has 5 nitrogen and oxygen atoms in total. The normalized spacial score (nSPS) is 10.7. The standard InChI is InChI=1S/C15H15N3O2/c16-7-10-19-12-3-1-11(2-4-12)18-15-13-6-9-20-14(13)5-8-17-15/h1-6,8-9H,7,10,16H2,(H,17,18). The van der Waals surface area contributed by atoms with Crippen molar-refractivity contribution < 1.29 is 9.15 Å². The number of nitrogens with two attached hydrogens (primary N) is 1. The molecule has 0 saturated heterocycles. The van der Waals surface area contributed by atoms with Crippen molar-refractivity contribution >= 4 is 22.5 Å². The second kappa shape index (κ2) is 5.63. The van der Waals surface area contributed by atoms with Gasteiger partial charge in [0.1, 0.15) is 23.8 Å². The molecule has 0 radical (unpaired) electrons. The minimum atomic E-state index is 0.506. The van der Waals surface area contributed by atoms with Gasteiger partial charge in [-0.3, -0.25) is 0 Å². The third kappa shape index (κ3) is 2.57. The Bertz CT molecular complexity index is 692. The number of anilines is 2. The van der Waals surface area contributed by atoms with Crippen molar-refractivity contribution in [2.45, 2.75) is 0 Å². The molecule has 1 aromatic carbocycles. The van der Waals surface area contributed by atoms with E-state index in [9.17, 15) is 0 Å². The van der Waals surface area contributed by atoms with Gasteiger partial charge in [0.25, 0.3) is 0 Å². The molecule has 102 valence electrons. The number of aromatic nitrogens is 1. The molecule has 0 amide bonds. The molecule has 0 aliphatic carbocycles. The third-order valence-electron chi connectivity index (χ3n) is 2.88. The maximum absolute atomic E-state index is 5.43. The van der Waals surface area contributed by atoms with Gasteiger partial charge in [0, 0.05) is 18.4 Å². The zero-order chi connectivity index (χ0) is 13.8. The molecule has 0 aliphatic heterocycles. The van der Waals surface area contributed by atoms with Crippen molar-refractivity contribution in [2.75, 3.05) is 18.5 Å². The summed E-state index contributed by atoms with van der Waals surface area (Å²) in [5.41, 5.74) is 7.14. The van der Waals surface area contributed by atoms with Gasteiger partial charge in [0.15, 0.2) is 0 Å². The lowest BCUT2D eigenvalue weighted by atomic mass is 10.2. The summed E-state index contributed by atoms with van der Waals surface area (Å²) in [4.78, 5) is 4.33. The van der Waals surface area contributed by atoms with Crippen LogP contribution in [-0.4, -0.2) is 18.1 Å². The molecule has 3 rings (SSSR count). The fourth-order valence-corrected chi connectivity index (χ4v) is 1.94. The van der Waals surface area contributed by atoms with Gasteiger partial charge in [-0.25, -0.2) is 4.98 Å². The van der Waals surface area contributed by atoms with Crippen LogP contribution in [0.1, 0.15) is 0 Å². The number of nitrogens with zero attached hydrogens (tertiary/aromatic N) is 1. The summed E-state index contributed by atoms with van der Waals surface area (Å²) in [7, 11) is 0. The zero-order valence-electron chi connectivity index (χ0n) is 10.9. The first kappa shape index (κ1) is 12.5. The van der Waals surface area contributed by atoms with Crippen LogP contribution in [-0.2, 0) is 0 Å². The Kier molecular flexibility index (Phi) is 3.52. The molecule has 0 bridgehead atoms. The number of furan rings is 1. The summed E-state index contributed by atoms with van der Waals surface area (Å²) in [6.45, 7) is 1.02. The average Bonchev–Trinajstić information content (AvgIpc) is 2.96. The summed E-state index contributed by atoms with van der Waals surface area (Å²) in [5.74, 6) is 1.57. The van der Waals surface area contributed by atoms with Gasteiger partial charge in [0.05, 0.1) is 11.6 Å². The van der Waals surface area contributed by atoms with E-state index in [1.165, 1.54) is 0 Å². The maximum atomic E-state index is 5.43. The van der Waals surface area contributed by atoms with Crippen LogP contribution in [0.4, 0.5) is 11.5 Å². The molecule has 3 N–H and O–H groups in total. The first-order chi connectivity index (χ1) is 9.86. The fraction of sp³-hybridized carbons (Fsp3) is 0.133. The molecule has 0 fully saturated rings. The lowest BCUT2D eigenvalue weighted by Crippen LogP contribution is -2.10. The van der Waals surface area contributed by atoms with Crippen LogP contribution in [0, 0.1) is 0 Å². The number of fused-ring (bicyclic) bond motifs is 1. The predicted molar refractivity (Wildman–Crippen MR) is 78.3 cm³/mol. The monoisotopic (exact) mass is 269 g/mol.